The van der Waals surface area contributed by atoms with Crippen molar-refractivity contribution in [1.29, 1.82) is 0 Å². The molecule has 0 unspecified atom stereocenters. The van der Waals surface area contributed by atoms with Crippen LogP contribution in [0.25, 0.3) is 93.2 Å². The number of hydrogen-bond donors (Lipinski definition) is 0. The SMILES string of the molecule is c1cc(-c2ccc(-n3c4cc5ccccc5cc4c4c5ccccc5ccc43)cc2)cc(-c2ccc3c(c2)-c2cccc4cccc(c24)S3)c1. The predicted octanol–water partition coefficient (Wildman–Crippen LogP) is 13.7. The maximum absolute atomic E-state index is 2.44. The summed E-state index contributed by atoms with van der Waals surface area (Å²) in [5, 5.41) is 10.3. The summed E-state index contributed by atoms with van der Waals surface area (Å²) in [6.07, 6.45) is 0. The van der Waals surface area contributed by atoms with Crippen molar-refractivity contribution in [1.82, 2.24) is 4.57 Å². The van der Waals surface area contributed by atoms with Crippen molar-refractivity contribution in [2.24, 2.45) is 0 Å². The third kappa shape index (κ3) is 4.16. The average molecular weight is 652 g/mol. The molecule has 0 aliphatic carbocycles. The summed E-state index contributed by atoms with van der Waals surface area (Å²) in [6, 6.07) is 65.0. The molecule has 1 aromatic heterocycles. The number of hydrogen-bond acceptors (Lipinski definition) is 1. The van der Waals surface area contributed by atoms with Crippen LogP contribution in [-0.4, -0.2) is 4.57 Å². The van der Waals surface area contributed by atoms with Crippen molar-refractivity contribution in [3.63, 3.8) is 0 Å². The van der Waals surface area contributed by atoms with E-state index in [2.05, 4.69) is 180 Å². The topological polar surface area (TPSA) is 4.93 Å². The van der Waals surface area contributed by atoms with Crippen LogP contribution in [-0.2, 0) is 0 Å². The van der Waals surface area contributed by atoms with Crippen molar-refractivity contribution in [3.05, 3.63) is 176 Å². The van der Waals surface area contributed by atoms with Crippen LogP contribution >= 0.6 is 11.8 Å². The zero-order valence-corrected chi connectivity index (χ0v) is 27.9. The molecule has 0 fully saturated rings. The van der Waals surface area contributed by atoms with Gasteiger partial charge >= 0.3 is 0 Å². The highest BCUT2D eigenvalue weighted by Crippen LogP contribution is 2.49. The van der Waals surface area contributed by atoms with E-state index in [0.717, 1.165) is 5.69 Å². The summed E-state index contributed by atoms with van der Waals surface area (Å²) >= 11 is 1.88. The molecule has 2 heterocycles. The first-order valence-corrected chi connectivity index (χ1v) is 18.0. The van der Waals surface area contributed by atoms with Gasteiger partial charge in [0, 0.05) is 31.6 Å². The Balaban J connectivity index is 1.01. The predicted molar refractivity (Wildman–Crippen MR) is 214 cm³/mol. The molecule has 0 bridgehead atoms. The zero-order chi connectivity index (χ0) is 32.8. The minimum atomic E-state index is 1.16. The summed E-state index contributed by atoms with van der Waals surface area (Å²) in [4.78, 5) is 2.66. The lowest BCUT2D eigenvalue weighted by molar-refractivity contribution is 1.18. The van der Waals surface area contributed by atoms with Gasteiger partial charge in [-0.05, 0) is 115 Å². The molecule has 0 saturated heterocycles. The van der Waals surface area contributed by atoms with Crippen LogP contribution in [0, 0.1) is 0 Å². The Labute approximate surface area is 294 Å². The second-order valence-corrected chi connectivity index (χ2v) is 14.4. The average Bonchev–Trinajstić information content (AvgIpc) is 3.50. The van der Waals surface area contributed by atoms with Crippen molar-refractivity contribution < 1.29 is 0 Å². The van der Waals surface area contributed by atoms with Crippen LogP contribution in [0.3, 0.4) is 0 Å². The van der Waals surface area contributed by atoms with Crippen LogP contribution in [0.2, 0.25) is 0 Å². The molecule has 232 valence electrons. The van der Waals surface area contributed by atoms with Gasteiger partial charge in [-0.2, -0.15) is 0 Å². The first-order chi connectivity index (χ1) is 24.8. The van der Waals surface area contributed by atoms with Crippen molar-refractivity contribution in [2.75, 3.05) is 0 Å². The third-order valence-electron chi connectivity index (χ3n) is 10.5. The maximum Gasteiger partial charge on any atom is 0.0547 e. The summed E-state index contributed by atoms with van der Waals surface area (Å²) in [7, 11) is 0. The minimum absolute atomic E-state index is 1.16. The van der Waals surface area contributed by atoms with E-state index in [0.29, 0.717) is 0 Å². The summed E-state index contributed by atoms with van der Waals surface area (Å²) < 4.78 is 2.44. The Bertz CT molecular complexity index is 3000. The van der Waals surface area contributed by atoms with Crippen LogP contribution in [0.4, 0.5) is 0 Å². The lowest BCUT2D eigenvalue weighted by Crippen LogP contribution is -1.94. The van der Waals surface area contributed by atoms with E-state index in [-0.39, 0.29) is 0 Å². The van der Waals surface area contributed by atoms with Gasteiger partial charge in [-0.15, -0.1) is 0 Å². The van der Waals surface area contributed by atoms with E-state index in [1.54, 1.807) is 0 Å². The Morgan fingerprint density at radius 1 is 0.340 bits per heavy atom. The Hall–Kier alpha value is -6.09. The van der Waals surface area contributed by atoms with Crippen molar-refractivity contribution in [2.45, 2.75) is 9.79 Å². The Kier molecular flexibility index (Phi) is 5.96. The minimum Gasteiger partial charge on any atom is -0.309 e. The largest absolute Gasteiger partial charge is 0.309 e. The molecule has 0 N–H and O–H groups in total. The molecule has 10 aromatic rings. The molecule has 1 nitrogen and oxygen atoms in total. The Morgan fingerprint density at radius 3 is 1.88 bits per heavy atom. The van der Waals surface area contributed by atoms with Crippen LogP contribution in [0.1, 0.15) is 0 Å². The van der Waals surface area contributed by atoms with Gasteiger partial charge in [0.1, 0.15) is 0 Å². The molecule has 1 aliphatic rings. The number of benzene rings is 9. The fourth-order valence-corrected chi connectivity index (χ4v) is 9.30. The normalized spacial score (nSPS) is 12.3. The lowest BCUT2D eigenvalue weighted by atomic mass is 9.93. The quantitative estimate of drug-likeness (QED) is 0.184. The van der Waals surface area contributed by atoms with E-state index in [4.69, 9.17) is 0 Å². The van der Waals surface area contributed by atoms with E-state index in [1.165, 1.54) is 97.3 Å². The zero-order valence-electron chi connectivity index (χ0n) is 27.1. The monoisotopic (exact) mass is 651 g/mol. The molecule has 11 rings (SSSR count). The molecule has 0 atom stereocenters. The smallest absolute Gasteiger partial charge is 0.0547 e. The molecule has 2 heteroatoms. The molecule has 9 aromatic carbocycles. The molecule has 1 aliphatic heterocycles. The second kappa shape index (κ2) is 10.7. The van der Waals surface area contributed by atoms with Crippen LogP contribution in [0.15, 0.2) is 186 Å². The van der Waals surface area contributed by atoms with Gasteiger partial charge in [-0.1, -0.05) is 133 Å². The number of nitrogens with zero attached hydrogens (tertiary/aromatic N) is 1. The molecule has 0 spiro atoms. The molecule has 50 heavy (non-hydrogen) atoms. The fourth-order valence-electron chi connectivity index (χ4n) is 8.18. The number of rotatable bonds is 3. The van der Waals surface area contributed by atoms with Crippen molar-refractivity contribution >= 4 is 65.9 Å². The van der Waals surface area contributed by atoms with Gasteiger partial charge in [0.25, 0.3) is 0 Å². The van der Waals surface area contributed by atoms with E-state index >= 15 is 0 Å². The summed E-state index contributed by atoms with van der Waals surface area (Å²) in [6.45, 7) is 0. The molecule has 0 saturated carbocycles. The van der Waals surface area contributed by atoms with Gasteiger partial charge in [0.15, 0.2) is 0 Å². The third-order valence-corrected chi connectivity index (χ3v) is 11.7. The fraction of sp³-hybridized carbons (Fsp3) is 0. The highest BCUT2D eigenvalue weighted by Gasteiger charge is 2.20. The van der Waals surface area contributed by atoms with E-state index in [1.807, 2.05) is 11.8 Å². The number of aromatic nitrogens is 1. The standard InChI is InChI=1S/C48H29NS/c1-2-10-36-29-44-42(28-35(36)9-1)48-39-15-4-3-8-31(39)20-24-43(48)49(44)38-22-18-30(19-23-38)33-13-5-14-34(26-33)37-21-25-45-41(27-37)40-16-6-11-32-12-7-17-46(50-45)47(32)40/h1-29H. The van der Waals surface area contributed by atoms with Crippen LogP contribution in [0.5, 0.6) is 0 Å². The molecular formula is C48H29NS. The first-order valence-electron chi connectivity index (χ1n) is 17.2. The molecule has 0 radical (unpaired) electrons. The van der Waals surface area contributed by atoms with Crippen LogP contribution < -0.4 is 0 Å². The van der Waals surface area contributed by atoms with Gasteiger partial charge < -0.3 is 4.57 Å². The van der Waals surface area contributed by atoms with Crippen molar-refractivity contribution in [3.8, 4) is 39.1 Å². The van der Waals surface area contributed by atoms with Gasteiger partial charge in [-0.3, -0.25) is 0 Å². The van der Waals surface area contributed by atoms with Gasteiger partial charge in [-0.25, -0.2) is 0 Å². The van der Waals surface area contributed by atoms with E-state index in [9.17, 15) is 0 Å². The maximum atomic E-state index is 2.44. The highest BCUT2D eigenvalue weighted by molar-refractivity contribution is 7.99. The molecular weight excluding hydrogens is 623 g/mol. The Morgan fingerprint density at radius 2 is 1.02 bits per heavy atom. The van der Waals surface area contributed by atoms with Gasteiger partial charge in [0.05, 0.1) is 11.0 Å². The first kappa shape index (κ1) is 27.8. The highest BCUT2D eigenvalue weighted by atomic mass is 32.2. The molecule has 0 amide bonds. The van der Waals surface area contributed by atoms with Gasteiger partial charge in [0.2, 0.25) is 0 Å². The number of fused-ring (bicyclic) bond motifs is 8. The summed E-state index contributed by atoms with van der Waals surface area (Å²) in [5.74, 6) is 0. The lowest BCUT2D eigenvalue weighted by Gasteiger charge is -2.21. The second-order valence-electron chi connectivity index (χ2n) is 13.3. The van der Waals surface area contributed by atoms with E-state index < -0.39 is 0 Å². The summed E-state index contributed by atoms with van der Waals surface area (Å²) in [5.41, 5.74) is 11.2.